The number of carbonyl (C=O) groups is 1. The maximum absolute atomic E-state index is 11.5. The first-order valence-electron chi connectivity index (χ1n) is 5.25. The molecule has 1 N–H and O–H groups in total. The van der Waals surface area contributed by atoms with E-state index in [1.54, 1.807) is 0 Å². The van der Waals surface area contributed by atoms with E-state index in [0.717, 1.165) is 24.8 Å². The van der Waals surface area contributed by atoms with Crippen molar-refractivity contribution < 1.29 is 4.79 Å². The normalized spacial score (nSPS) is 38.5. The van der Waals surface area contributed by atoms with Crippen LogP contribution in [0.15, 0.2) is 0 Å². The van der Waals surface area contributed by atoms with Crippen LogP contribution in [-0.4, -0.2) is 30.1 Å². The van der Waals surface area contributed by atoms with E-state index in [2.05, 4.69) is 19.2 Å². The van der Waals surface area contributed by atoms with Crippen molar-refractivity contribution in [2.24, 2.45) is 11.8 Å². The molecular formula is C10H18N2O. The summed E-state index contributed by atoms with van der Waals surface area (Å²) in [5.74, 6) is 1.90. The molecule has 2 rings (SSSR count). The van der Waals surface area contributed by atoms with Gasteiger partial charge in [0, 0.05) is 6.54 Å². The van der Waals surface area contributed by atoms with Crippen molar-refractivity contribution in [2.45, 2.75) is 32.9 Å². The molecule has 0 aromatic carbocycles. The van der Waals surface area contributed by atoms with Gasteiger partial charge >= 0.3 is 0 Å². The first-order chi connectivity index (χ1) is 6.22. The monoisotopic (exact) mass is 182 g/mol. The molecule has 1 aliphatic carbocycles. The summed E-state index contributed by atoms with van der Waals surface area (Å²) in [4.78, 5) is 13.5. The fraction of sp³-hybridized carbons (Fsp3) is 0.900. The zero-order valence-corrected chi connectivity index (χ0v) is 8.42. The summed E-state index contributed by atoms with van der Waals surface area (Å²) < 4.78 is 0. The average Bonchev–Trinajstić information content (AvgIpc) is 2.68. The Morgan fingerprint density at radius 1 is 1.62 bits per heavy atom. The number of rotatable bonds is 3. The van der Waals surface area contributed by atoms with Crippen LogP contribution in [0.4, 0.5) is 0 Å². The minimum Gasteiger partial charge on any atom is -0.326 e. The maximum Gasteiger partial charge on any atom is 0.237 e. The summed E-state index contributed by atoms with van der Waals surface area (Å²) in [6.07, 6.45) is 2.63. The van der Waals surface area contributed by atoms with Crippen LogP contribution >= 0.6 is 0 Å². The molecule has 0 aromatic rings. The molecule has 2 aliphatic rings. The molecule has 3 heteroatoms. The smallest absolute Gasteiger partial charge is 0.237 e. The second-order valence-corrected chi connectivity index (χ2v) is 4.32. The van der Waals surface area contributed by atoms with Crippen molar-refractivity contribution in [3.05, 3.63) is 0 Å². The molecule has 1 aliphatic heterocycles. The number of nitrogens with one attached hydrogen (secondary N) is 1. The number of amides is 1. The molecular weight excluding hydrogens is 164 g/mol. The lowest BCUT2D eigenvalue weighted by molar-refractivity contribution is -0.128. The lowest BCUT2D eigenvalue weighted by Crippen LogP contribution is -2.38. The molecule has 3 nitrogen and oxygen atoms in total. The van der Waals surface area contributed by atoms with Gasteiger partial charge in [-0.25, -0.2) is 0 Å². The number of hydrogen-bond donors (Lipinski definition) is 1. The lowest BCUT2D eigenvalue weighted by Gasteiger charge is -2.23. The number of nitrogens with zero attached hydrogens (tertiary/aromatic N) is 1. The largest absolute Gasteiger partial charge is 0.326 e. The highest BCUT2D eigenvalue weighted by Crippen LogP contribution is 2.38. The van der Waals surface area contributed by atoms with Gasteiger partial charge in [-0.2, -0.15) is 0 Å². The highest BCUT2D eigenvalue weighted by molar-refractivity contribution is 5.80. The predicted molar refractivity (Wildman–Crippen MR) is 51.1 cm³/mol. The highest BCUT2D eigenvalue weighted by Gasteiger charge is 2.38. The Bertz CT molecular complexity index is 217. The van der Waals surface area contributed by atoms with Crippen LogP contribution < -0.4 is 5.32 Å². The molecule has 1 heterocycles. The third kappa shape index (κ3) is 1.70. The third-order valence-electron chi connectivity index (χ3n) is 3.28. The van der Waals surface area contributed by atoms with E-state index in [0.29, 0.717) is 12.7 Å². The maximum atomic E-state index is 11.5. The van der Waals surface area contributed by atoms with E-state index in [1.807, 2.05) is 4.90 Å². The van der Waals surface area contributed by atoms with Crippen molar-refractivity contribution >= 4 is 5.91 Å². The first kappa shape index (κ1) is 9.00. The number of carbonyl (C=O) groups excluding carboxylic acids is 1. The van der Waals surface area contributed by atoms with Crippen molar-refractivity contribution in [2.75, 3.05) is 13.1 Å². The van der Waals surface area contributed by atoms with E-state index >= 15 is 0 Å². The van der Waals surface area contributed by atoms with E-state index in [-0.39, 0.29) is 5.91 Å². The highest BCUT2D eigenvalue weighted by atomic mass is 16.2. The van der Waals surface area contributed by atoms with Crippen LogP contribution in [0.3, 0.4) is 0 Å². The summed E-state index contributed by atoms with van der Waals surface area (Å²) in [5, 5.41) is 3.23. The molecule has 0 aromatic heterocycles. The molecule has 0 radical (unpaired) electrons. The molecule has 1 saturated carbocycles. The zero-order chi connectivity index (χ0) is 9.42. The van der Waals surface area contributed by atoms with Crippen molar-refractivity contribution in [3.8, 4) is 0 Å². The van der Waals surface area contributed by atoms with Gasteiger partial charge in [-0.15, -0.1) is 0 Å². The Morgan fingerprint density at radius 2 is 2.31 bits per heavy atom. The van der Waals surface area contributed by atoms with Crippen molar-refractivity contribution in [1.82, 2.24) is 10.2 Å². The number of hydrogen-bond acceptors (Lipinski definition) is 2. The van der Waals surface area contributed by atoms with Crippen LogP contribution in [0.2, 0.25) is 0 Å². The summed E-state index contributed by atoms with van der Waals surface area (Å²) in [6.45, 7) is 5.91. The third-order valence-corrected chi connectivity index (χ3v) is 3.28. The van der Waals surface area contributed by atoms with E-state index in [1.165, 1.54) is 6.42 Å². The second-order valence-electron chi connectivity index (χ2n) is 4.32. The predicted octanol–water partition coefficient (Wildman–Crippen LogP) is 0.810. The molecule has 3 unspecified atom stereocenters. The fourth-order valence-electron chi connectivity index (χ4n) is 2.09. The molecule has 3 atom stereocenters. The Kier molecular flexibility index (Phi) is 2.28. The standard InChI is InChI=1S/C10H18N2O/c1-3-9-11-5-10(13)12(9)6-8-4-7(8)2/h7-9,11H,3-6H2,1-2H3. The van der Waals surface area contributed by atoms with Crippen LogP contribution in [0.25, 0.3) is 0 Å². The summed E-state index contributed by atoms with van der Waals surface area (Å²) in [7, 11) is 0. The van der Waals surface area contributed by atoms with Crippen LogP contribution in [0.1, 0.15) is 26.7 Å². The van der Waals surface area contributed by atoms with Crippen LogP contribution in [0, 0.1) is 11.8 Å². The molecule has 0 bridgehead atoms. The zero-order valence-electron chi connectivity index (χ0n) is 8.42. The summed E-state index contributed by atoms with van der Waals surface area (Å²) in [5.41, 5.74) is 0. The van der Waals surface area contributed by atoms with Gasteiger partial charge in [-0.3, -0.25) is 10.1 Å². The SMILES string of the molecule is CCC1NCC(=O)N1CC1CC1C. The van der Waals surface area contributed by atoms with Gasteiger partial charge in [-0.05, 0) is 24.7 Å². The van der Waals surface area contributed by atoms with Crippen LogP contribution in [-0.2, 0) is 4.79 Å². The van der Waals surface area contributed by atoms with Crippen molar-refractivity contribution in [3.63, 3.8) is 0 Å². The minimum absolute atomic E-state index is 0.283. The van der Waals surface area contributed by atoms with E-state index in [4.69, 9.17) is 0 Å². The Morgan fingerprint density at radius 3 is 2.85 bits per heavy atom. The quantitative estimate of drug-likeness (QED) is 0.700. The molecule has 1 amide bonds. The molecule has 74 valence electrons. The summed E-state index contributed by atoms with van der Waals surface area (Å²) in [6, 6.07) is 0. The van der Waals surface area contributed by atoms with Gasteiger partial charge < -0.3 is 4.90 Å². The lowest BCUT2D eigenvalue weighted by atomic mass is 10.3. The van der Waals surface area contributed by atoms with E-state index < -0.39 is 0 Å². The molecule has 0 spiro atoms. The van der Waals surface area contributed by atoms with Gasteiger partial charge in [0.05, 0.1) is 12.7 Å². The Balaban J connectivity index is 1.91. The molecule has 13 heavy (non-hydrogen) atoms. The van der Waals surface area contributed by atoms with Gasteiger partial charge in [-0.1, -0.05) is 13.8 Å². The van der Waals surface area contributed by atoms with E-state index in [9.17, 15) is 4.79 Å². The Hall–Kier alpha value is -0.570. The topological polar surface area (TPSA) is 32.3 Å². The van der Waals surface area contributed by atoms with Gasteiger partial charge in [0.2, 0.25) is 5.91 Å². The second kappa shape index (κ2) is 3.29. The Labute approximate surface area is 79.5 Å². The summed E-state index contributed by atoms with van der Waals surface area (Å²) >= 11 is 0. The van der Waals surface area contributed by atoms with Gasteiger partial charge in [0.1, 0.15) is 0 Å². The molecule has 2 fully saturated rings. The van der Waals surface area contributed by atoms with Crippen LogP contribution in [0.5, 0.6) is 0 Å². The van der Waals surface area contributed by atoms with Gasteiger partial charge in [0.25, 0.3) is 0 Å². The fourth-order valence-corrected chi connectivity index (χ4v) is 2.09. The van der Waals surface area contributed by atoms with Crippen molar-refractivity contribution in [1.29, 1.82) is 0 Å². The molecule has 1 saturated heterocycles. The van der Waals surface area contributed by atoms with Gasteiger partial charge in [0.15, 0.2) is 0 Å². The first-order valence-corrected chi connectivity index (χ1v) is 5.25. The average molecular weight is 182 g/mol. The minimum atomic E-state index is 0.283.